The van der Waals surface area contributed by atoms with Crippen molar-refractivity contribution in [3.63, 3.8) is 0 Å². The van der Waals surface area contributed by atoms with E-state index in [-0.39, 0.29) is 118 Å². The van der Waals surface area contributed by atoms with Crippen molar-refractivity contribution in [3.8, 4) is 0 Å². The van der Waals surface area contributed by atoms with Crippen LogP contribution in [0.2, 0.25) is 0 Å². The van der Waals surface area contributed by atoms with Gasteiger partial charge in [0.2, 0.25) is 5.91 Å². The molecule has 0 bridgehead atoms. The van der Waals surface area contributed by atoms with Crippen LogP contribution in [0.25, 0.3) is 0 Å². The fourth-order valence-corrected chi connectivity index (χ4v) is 5.38. The first-order valence-corrected chi connectivity index (χ1v) is 35.2. The van der Waals surface area contributed by atoms with Gasteiger partial charge in [0.15, 0.2) is 0 Å². The molecule has 31 nitrogen and oxygen atoms in total. The van der Waals surface area contributed by atoms with Crippen molar-refractivity contribution in [1.29, 1.82) is 0 Å². The zero-order chi connectivity index (χ0) is 85.1. The van der Waals surface area contributed by atoms with Gasteiger partial charge in [0.1, 0.15) is 32.5 Å². The van der Waals surface area contributed by atoms with E-state index in [2.05, 4.69) is 38.6 Å². The summed E-state index contributed by atoms with van der Waals surface area (Å²) >= 11 is 0. The number of aliphatic carboxylic acids is 8. The van der Waals surface area contributed by atoms with E-state index in [9.17, 15) is 71.9 Å². The number of ether oxygens (including phenoxy) is 7. The number of esters is 6. The van der Waals surface area contributed by atoms with E-state index in [4.69, 9.17) is 74.0 Å². The number of nitrogens with one attached hydrogen (secondary N) is 1. The van der Waals surface area contributed by atoms with E-state index in [1.165, 1.54) is 26.8 Å². The number of carboxylic acids is 8. The maximum Gasteiger partial charge on any atom is 0.333 e. The summed E-state index contributed by atoms with van der Waals surface area (Å²) < 4.78 is 34.4. The van der Waals surface area contributed by atoms with Crippen LogP contribution in [0.4, 0.5) is 0 Å². The van der Waals surface area contributed by atoms with Crippen LogP contribution >= 0.6 is 0 Å². The summed E-state index contributed by atoms with van der Waals surface area (Å²) in [4.78, 5) is 160. The molecule has 0 aliphatic rings. The maximum absolute atomic E-state index is 11.8. The summed E-state index contributed by atoms with van der Waals surface area (Å²) in [6.07, 6.45) is 9.06. The van der Waals surface area contributed by atoms with Crippen molar-refractivity contribution in [3.05, 3.63) is 49.6 Å². The van der Waals surface area contributed by atoms with Gasteiger partial charge in [0.25, 0.3) is 0 Å². The first-order chi connectivity index (χ1) is 49.0. The molecule has 0 fully saturated rings. The standard InChI is InChI=1S/C14H23NO5.C13H20O6.C13H22O5.C8H14O2.C7H12O4.4C5H10O2/c1-4-10(3)14(19)20-9-7-6-8-11(13(17)18)15-12(16)5-2;1-5-13(4,8-10(14)15)12(17)19-7-6-18-11(16)9(2)3;1-5-11(4)13(15)18-9-7-16-6-8-17-12(14)10(2)3;1-4-7(3)6-10-8(9)5-2;1-3-7(2,6(10)11)4-5(8)9;4*1-3-4(2)5(6)7/h5,10-11H,2,4,6-9H2,1,3H3,(H,15,16)(H,17,18);2,5-8H2,1,3-4H3,(H,14,15);11H,2,5-9H2,1,3-4H3;5,7H,2,4,6H2,1,3H3;3-4H2,1-2H3,(H,8,9)(H,10,11);4*4H,3H2,1-2H3,(H,6,7). The van der Waals surface area contributed by atoms with Crippen molar-refractivity contribution < 1.29 is 146 Å². The highest BCUT2D eigenvalue weighted by atomic mass is 16.6. The Morgan fingerprint density at radius 1 is 0.406 bits per heavy atom. The van der Waals surface area contributed by atoms with Crippen LogP contribution in [0.15, 0.2) is 49.6 Å². The van der Waals surface area contributed by atoms with Crippen LogP contribution in [0.1, 0.15) is 228 Å². The number of carbonyl (C=O) groups excluding carboxylic acids is 7. The molecule has 0 aliphatic carbocycles. The zero-order valence-electron chi connectivity index (χ0n) is 66.7. The van der Waals surface area contributed by atoms with Crippen molar-refractivity contribution in [1.82, 2.24) is 5.32 Å². The van der Waals surface area contributed by atoms with Gasteiger partial charge in [-0.15, -0.1) is 0 Å². The Bertz CT molecular complexity index is 2540. The van der Waals surface area contributed by atoms with Gasteiger partial charge in [0.05, 0.1) is 85.6 Å². The monoisotopic (exact) mass is 1530 g/mol. The smallest absolute Gasteiger partial charge is 0.333 e. The Morgan fingerprint density at radius 2 is 0.736 bits per heavy atom. The summed E-state index contributed by atoms with van der Waals surface area (Å²) in [5.41, 5.74) is -1.57. The number of amides is 1. The molecule has 0 spiro atoms. The highest BCUT2D eigenvalue weighted by molar-refractivity contribution is 5.91. The minimum absolute atomic E-state index is 0.0791. The molecule has 0 aliphatic heterocycles. The fourth-order valence-electron chi connectivity index (χ4n) is 5.38. The summed E-state index contributed by atoms with van der Waals surface area (Å²) in [6.45, 7) is 50.2. The van der Waals surface area contributed by atoms with Crippen LogP contribution in [-0.4, -0.2) is 189 Å². The van der Waals surface area contributed by atoms with E-state index in [1.54, 1.807) is 55.4 Å². The van der Waals surface area contributed by atoms with Gasteiger partial charge >= 0.3 is 83.6 Å². The zero-order valence-corrected chi connectivity index (χ0v) is 66.7. The van der Waals surface area contributed by atoms with E-state index < -0.39 is 88.4 Å². The Kier molecular flexibility index (Phi) is 77.9. The molecule has 0 aromatic rings. The molecule has 1 amide bonds. The molecular weight excluding hydrogens is 1390 g/mol. The second kappa shape index (κ2) is 71.6. The molecule has 0 aromatic heterocycles. The van der Waals surface area contributed by atoms with Gasteiger partial charge in [-0.1, -0.05) is 144 Å². The van der Waals surface area contributed by atoms with Gasteiger partial charge in [-0.3, -0.25) is 52.7 Å². The second-order valence-electron chi connectivity index (χ2n) is 24.8. The Hall–Kier alpha value is -9.03. The predicted molar refractivity (Wildman–Crippen MR) is 396 cm³/mol. The molecule has 0 rings (SSSR count). The molecule has 0 saturated carbocycles. The lowest BCUT2D eigenvalue weighted by Gasteiger charge is -2.23. The molecule has 31 heteroatoms. The van der Waals surface area contributed by atoms with E-state index >= 15 is 0 Å². The summed E-state index contributed by atoms with van der Waals surface area (Å²) in [6, 6.07) is -0.939. The first-order valence-electron chi connectivity index (χ1n) is 35.2. The number of hydrogen-bond donors (Lipinski definition) is 9. The molecule has 0 aromatic carbocycles. The average Bonchev–Trinajstić information content (AvgIpc) is 0.867. The topological polar surface area (TPSA) is 495 Å². The SMILES string of the molecule is C=C(C)C(=O)OCCOC(=O)C(C)(CC)CC(=O)O.C=C(C)C(=O)OCCOCCOC(=O)C(C)CC.C=CC(=O)NC(CCCCOC(=O)C(C)CC)C(=O)O.C=CC(=O)OCC(C)CC.CCC(C)(CC(=O)O)C(=O)O.CCC(C)C(=O)O.CCC(C)C(=O)O.CCC(C)C(=O)O.CCC(C)C(=O)O. The van der Waals surface area contributed by atoms with E-state index in [1.807, 2.05) is 55.4 Å². The third-order valence-electron chi connectivity index (χ3n) is 15.3. The normalized spacial score (nSPS) is 13.1. The minimum atomic E-state index is -1.12. The Labute approximate surface area is 627 Å². The first kappa shape index (κ1) is 115. The number of carboxylic acid groups (broad SMARTS) is 8. The summed E-state index contributed by atoms with van der Waals surface area (Å²) in [5, 5.41) is 69.7. The van der Waals surface area contributed by atoms with Gasteiger partial charge in [-0.2, -0.15) is 0 Å². The summed E-state index contributed by atoms with van der Waals surface area (Å²) in [7, 11) is 0. The minimum Gasteiger partial charge on any atom is -0.481 e. The van der Waals surface area contributed by atoms with Gasteiger partial charge in [-0.25, -0.2) is 19.2 Å². The molecule has 9 N–H and O–H groups in total. The molecule has 0 heterocycles. The van der Waals surface area contributed by atoms with Crippen LogP contribution in [0.3, 0.4) is 0 Å². The van der Waals surface area contributed by atoms with Crippen LogP contribution in [0.5, 0.6) is 0 Å². The van der Waals surface area contributed by atoms with Crippen LogP contribution in [0, 0.1) is 52.3 Å². The van der Waals surface area contributed by atoms with Crippen molar-refractivity contribution in [2.24, 2.45) is 52.3 Å². The van der Waals surface area contributed by atoms with Crippen molar-refractivity contribution in [2.45, 2.75) is 234 Å². The lowest BCUT2D eigenvalue weighted by molar-refractivity contribution is -0.162. The van der Waals surface area contributed by atoms with Gasteiger partial charge < -0.3 is 79.3 Å². The largest absolute Gasteiger partial charge is 0.481 e. The lowest BCUT2D eigenvalue weighted by atomic mass is 9.84. The highest BCUT2D eigenvalue weighted by Gasteiger charge is 2.36. The molecule has 10 atom stereocenters. The molecule has 0 saturated heterocycles. The number of carbonyl (C=O) groups is 15. The predicted octanol–water partition coefficient (Wildman–Crippen LogP) is 11.9. The Morgan fingerprint density at radius 3 is 1.00 bits per heavy atom. The number of hydrogen-bond acceptors (Lipinski definition) is 22. The fraction of sp³-hybridized carbons (Fsp3) is 0.693. The second-order valence-corrected chi connectivity index (χ2v) is 24.8. The molecular formula is C75H131NO30. The average molecular weight is 1530 g/mol. The number of rotatable bonds is 43. The van der Waals surface area contributed by atoms with E-state index in [0.29, 0.717) is 50.4 Å². The molecule has 10 unspecified atom stereocenters. The van der Waals surface area contributed by atoms with E-state index in [0.717, 1.165) is 51.0 Å². The van der Waals surface area contributed by atoms with Crippen molar-refractivity contribution >= 4 is 89.5 Å². The van der Waals surface area contributed by atoms with Gasteiger partial charge in [-0.05, 0) is 110 Å². The molecule has 616 valence electrons. The third-order valence-corrected chi connectivity index (χ3v) is 15.3. The Balaban J connectivity index is -0.000000147. The van der Waals surface area contributed by atoms with Gasteiger partial charge in [0, 0.05) is 17.2 Å². The van der Waals surface area contributed by atoms with Crippen LogP contribution in [-0.2, 0) is 105 Å². The van der Waals surface area contributed by atoms with Crippen molar-refractivity contribution in [2.75, 3.05) is 52.9 Å². The lowest BCUT2D eigenvalue weighted by Crippen LogP contribution is -2.39. The summed E-state index contributed by atoms with van der Waals surface area (Å²) in [5.74, 6) is -10.5. The molecule has 106 heavy (non-hydrogen) atoms. The number of unbranched alkanes of at least 4 members (excludes halogenated alkanes) is 1. The quantitative estimate of drug-likeness (QED) is 0.0118. The van der Waals surface area contributed by atoms with Crippen LogP contribution < -0.4 is 5.32 Å². The molecule has 0 radical (unpaired) electrons. The maximum atomic E-state index is 11.8. The highest BCUT2D eigenvalue weighted by Crippen LogP contribution is 2.28. The third kappa shape index (κ3) is 73.3.